The molecule has 2 fully saturated rings. The third-order valence-electron chi connectivity index (χ3n) is 6.83. The zero-order chi connectivity index (χ0) is 23.8. The van der Waals surface area contributed by atoms with E-state index < -0.39 is 42.3 Å². The van der Waals surface area contributed by atoms with Gasteiger partial charge >= 0.3 is 12.1 Å². The van der Waals surface area contributed by atoms with Crippen molar-refractivity contribution in [3.05, 3.63) is 59.7 Å². The van der Waals surface area contributed by atoms with E-state index >= 15 is 0 Å². The molecule has 2 aliphatic heterocycles. The van der Waals surface area contributed by atoms with Crippen LogP contribution < -0.4 is 5.32 Å². The lowest BCUT2D eigenvalue weighted by atomic mass is 9.98. The van der Waals surface area contributed by atoms with Crippen molar-refractivity contribution in [1.29, 1.82) is 0 Å². The Balaban J connectivity index is 1.23. The zero-order valence-corrected chi connectivity index (χ0v) is 18.4. The molecule has 3 aliphatic rings. The van der Waals surface area contributed by atoms with E-state index in [-0.39, 0.29) is 32.1 Å². The Hall–Kier alpha value is -3.43. The van der Waals surface area contributed by atoms with Crippen molar-refractivity contribution in [3.63, 3.8) is 0 Å². The van der Waals surface area contributed by atoms with Crippen LogP contribution in [0.4, 0.5) is 4.79 Å². The maximum Gasteiger partial charge on any atom is 0.407 e. The first kappa shape index (κ1) is 22.4. The number of nitrogens with zero attached hydrogens (tertiary/aromatic N) is 1. The Morgan fingerprint density at radius 3 is 2.35 bits per heavy atom. The molecule has 5 rings (SSSR count). The van der Waals surface area contributed by atoms with Crippen molar-refractivity contribution >= 4 is 18.0 Å². The SMILES string of the molecule is O=C(NC1CCOC1C(=O)N1C[C@H](O)C[C@H]1C(=O)O)OCC1c2ccccc2-c2ccccc21. The third-order valence-corrected chi connectivity index (χ3v) is 6.83. The second-order valence-electron chi connectivity index (χ2n) is 8.89. The Morgan fingerprint density at radius 2 is 1.71 bits per heavy atom. The standard InChI is InChI=1S/C25H26N2O7/c28-14-11-21(24(30)31)27(12-14)23(29)22-20(9-10-33-22)26-25(32)34-13-19-17-7-3-1-5-15(17)16-6-2-4-8-18(16)19/h1-8,14,19-22,28H,9-13H2,(H,26,32)(H,30,31)/t14-,20?,21+,22?/m1/s1. The molecule has 0 spiro atoms. The average molecular weight is 466 g/mol. The van der Waals surface area contributed by atoms with Gasteiger partial charge in [-0.1, -0.05) is 48.5 Å². The van der Waals surface area contributed by atoms with Gasteiger partial charge in [-0.15, -0.1) is 0 Å². The molecule has 9 heteroatoms. The van der Waals surface area contributed by atoms with E-state index in [1.165, 1.54) is 0 Å². The van der Waals surface area contributed by atoms with Crippen molar-refractivity contribution in [2.45, 2.75) is 43.1 Å². The summed E-state index contributed by atoms with van der Waals surface area (Å²) in [7, 11) is 0. The van der Waals surface area contributed by atoms with Gasteiger partial charge in [0.15, 0.2) is 6.10 Å². The fourth-order valence-corrected chi connectivity index (χ4v) is 5.23. The highest BCUT2D eigenvalue weighted by molar-refractivity contribution is 5.88. The Kier molecular flexibility index (Phi) is 5.97. The Morgan fingerprint density at radius 1 is 1.06 bits per heavy atom. The molecular weight excluding hydrogens is 440 g/mol. The molecule has 2 heterocycles. The van der Waals surface area contributed by atoms with E-state index in [1.54, 1.807) is 0 Å². The molecule has 0 radical (unpaired) electrons. The summed E-state index contributed by atoms with van der Waals surface area (Å²) < 4.78 is 11.1. The number of carbonyl (C=O) groups excluding carboxylic acids is 2. The van der Waals surface area contributed by atoms with Gasteiger partial charge in [-0.05, 0) is 28.7 Å². The summed E-state index contributed by atoms with van der Waals surface area (Å²) in [5.74, 6) is -1.81. The number of aliphatic carboxylic acids is 1. The number of carboxylic acid groups (broad SMARTS) is 1. The number of fused-ring (bicyclic) bond motifs is 3. The largest absolute Gasteiger partial charge is 0.480 e. The fourth-order valence-electron chi connectivity index (χ4n) is 5.23. The van der Waals surface area contributed by atoms with Crippen LogP contribution in [-0.2, 0) is 19.1 Å². The number of carbonyl (C=O) groups is 3. The molecule has 3 N–H and O–H groups in total. The van der Waals surface area contributed by atoms with Gasteiger partial charge in [-0.3, -0.25) is 4.79 Å². The van der Waals surface area contributed by atoms with Crippen LogP contribution in [0.3, 0.4) is 0 Å². The van der Waals surface area contributed by atoms with Crippen LogP contribution in [0.1, 0.15) is 29.9 Å². The normalized spacial score (nSPS) is 25.6. The molecular formula is C25H26N2O7. The van der Waals surface area contributed by atoms with Gasteiger partial charge in [-0.25, -0.2) is 9.59 Å². The van der Waals surface area contributed by atoms with E-state index in [0.717, 1.165) is 27.2 Å². The average Bonchev–Trinajstić information content (AvgIpc) is 3.53. The molecule has 0 aromatic heterocycles. The number of aliphatic hydroxyl groups excluding tert-OH is 1. The van der Waals surface area contributed by atoms with E-state index in [2.05, 4.69) is 17.4 Å². The van der Waals surface area contributed by atoms with Crippen LogP contribution in [0.25, 0.3) is 11.1 Å². The van der Waals surface area contributed by atoms with Crippen LogP contribution in [-0.4, -0.2) is 77.1 Å². The number of rotatable bonds is 5. The second kappa shape index (κ2) is 9.08. The summed E-state index contributed by atoms with van der Waals surface area (Å²) in [6, 6.07) is 14.3. The number of likely N-dealkylation sites (tertiary alicyclic amines) is 1. The van der Waals surface area contributed by atoms with Gasteiger partial charge in [0, 0.05) is 25.5 Å². The molecule has 2 aromatic rings. The van der Waals surface area contributed by atoms with E-state index in [1.807, 2.05) is 36.4 Å². The third kappa shape index (κ3) is 4.01. The summed E-state index contributed by atoms with van der Waals surface area (Å²) in [4.78, 5) is 38.2. The molecule has 2 saturated heterocycles. The van der Waals surface area contributed by atoms with Gasteiger partial charge < -0.3 is 29.9 Å². The predicted octanol–water partition coefficient (Wildman–Crippen LogP) is 1.73. The molecule has 4 atom stereocenters. The molecule has 0 bridgehead atoms. The Bertz CT molecular complexity index is 1070. The minimum Gasteiger partial charge on any atom is -0.480 e. The monoisotopic (exact) mass is 466 g/mol. The van der Waals surface area contributed by atoms with Crippen LogP contribution >= 0.6 is 0 Å². The second-order valence-corrected chi connectivity index (χ2v) is 8.89. The maximum absolute atomic E-state index is 13.0. The van der Waals surface area contributed by atoms with Gasteiger partial charge in [0.2, 0.25) is 0 Å². The lowest BCUT2D eigenvalue weighted by Crippen LogP contribution is -2.52. The first-order valence-corrected chi connectivity index (χ1v) is 11.4. The van der Waals surface area contributed by atoms with E-state index in [0.29, 0.717) is 6.42 Å². The number of amides is 2. The summed E-state index contributed by atoms with van der Waals surface area (Å²) in [6.45, 7) is 0.317. The van der Waals surface area contributed by atoms with E-state index in [9.17, 15) is 24.6 Å². The summed E-state index contributed by atoms with van der Waals surface area (Å²) in [5, 5.41) is 21.9. The molecule has 34 heavy (non-hydrogen) atoms. The number of carboxylic acids is 1. The van der Waals surface area contributed by atoms with Crippen molar-refractivity contribution < 1.29 is 34.1 Å². The quantitative estimate of drug-likeness (QED) is 0.613. The number of β-amino-alcohol motifs (C(OH)–C–C–N with tert-alkyl or cyclic N) is 1. The lowest BCUT2D eigenvalue weighted by molar-refractivity contribution is -0.152. The molecule has 2 aromatic carbocycles. The van der Waals surface area contributed by atoms with Gasteiger partial charge in [-0.2, -0.15) is 0 Å². The van der Waals surface area contributed by atoms with Gasteiger partial charge in [0.25, 0.3) is 5.91 Å². The van der Waals surface area contributed by atoms with Crippen LogP contribution in [0.2, 0.25) is 0 Å². The first-order valence-electron chi connectivity index (χ1n) is 11.4. The number of aliphatic hydroxyl groups is 1. The number of hydrogen-bond donors (Lipinski definition) is 3. The summed E-state index contributed by atoms with van der Waals surface area (Å²) in [6.07, 6.45) is -2.22. The van der Waals surface area contributed by atoms with E-state index in [4.69, 9.17) is 9.47 Å². The zero-order valence-electron chi connectivity index (χ0n) is 18.4. The minimum absolute atomic E-state index is 0.0295. The van der Waals surface area contributed by atoms with Gasteiger partial charge in [0.1, 0.15) is 12.6 Å². The fraction of sp³-hybridized carbons (Fsp3) is 0.400. The number of benzene rings is 2. The number of ether oxygens (including phenoxy) is 2. The number of alkyl carbamates (subject to hydrolysis) is 1. The topological polar surface area (TPSA) is 125 Å². The molecule has 2 amide bonds. The predicted molar refractivity (Wildman–Crippen MR) is 120 cm³/mol. The molecule has 2 unspecified atom stereocenters. The first-order chi connectivity index (χ1) is 16.4. The minimum atomic E-state index is -1.18. The maximum atomic E-state index is 13.0. The van der Waals surface area contributed by atoms with Crippen LogP contribution in [0.5, 0.6) is 0 Å². The number of hydrogen-bond acceptors (Lipinski definition) is 6. The molecule has 9 nitrogen and oxygen atoms in total. The smallest absolute Gasteiger partial charge is 0.407 e. The lowest BCUT2D eigenvalue weighted by Gasteiger charge is -2.27. The molecule has 178 valence electrons. The van der Waals surface area contributed by atoms with Crippen molar-refractivity contribution in [3.8, 4) is 11.1 Å². The highest BCUT2D eigenvalue weighted by Gasteiger charge is 2.45. The Labute approximate surface area is 196 Å². The highest BCUT2D eigenvalue weighted by Crippen LogP contribution is 2.44. The van der Waals surface area contributed by atoms with Crippen LogP contribution in [0.15, 0.2) is 48.5 Å². The number of nitrogens with one attached hydrogen (secondary N) is 1. The van der Waals surface area contributed by atoms with Crippen LogP contribution in [0, 0.1) is 0 Å². The highest BCUT2D eigenvalue weighted by atomic mass is 16.6. The summed E-state index contributed by atoms with van der Waals surface area (Å²) in [5.41, 5.74) is 4.45. The molecule has 1 aliphatic carbocycles. The summed E-state index contributed by atoms with van der Waals surface area (Å²) >= 11 is 0. The van der Waals surface area contributed by atoms with Crippen molar-refractivity contribution in [2.75, 3.05) is 19.8 Å². The van der Waals surface area contributed by atoms with Crippen molar-refractivity contribution in [1.82, 2.24) is 10.2 Å². The van der Waals surface area contributed by atoms with Crippen molar-refractivity contribution in [2.24, 2.45) is 0 Å². The molecule has 0 saturated carbocycles. The van der Waals surface area contributed by atoms with Gasteiger partial charge in [0.05, 0.1) is 12.1 Å².